The average molecular weight is 480 g/mol. The van der Waals surface area contributed by atoms with E-state index in [9.17, 15) is 14.4 Å². The number of ether oxygens (including phenoxy) is 1. The Labute approximate surface area is 199 Å². The number of para-hydroxylation sites is 2. The number of benzene rings is 2. The van der Waals surface area contributed by atoms with Gasteiger partial charge in [-0.3, -0.25) is 14.5 Å². The summed E-state index contributed by atoms with van der Waals surface area (Å²) in [5.74, 6) is -1.45. The minimum atomic E-state index is -1.05. The summed E-state index contributed by atoms with van der Waals surface area (Å²) in [5, 5.41) is 2.49. The molecule has 1 aliphatic heterocycles. The normalized spacial score (nSPS) is 16.8. The molecular weight excluding hydrogens is 458 g/mol. The summed E-state index contributed by atoms with van der Waals surface area (Å²) in [6, 6.07) is 20.0. The van der Waals surface area contributed by atoms with E-state index in [-0.39, 0.29) is 5.56 Å². The van der Waals surface area contributed by atoms with Crippen LogP contribution in [0.15, 0.2) is 71.7 Å². The topological polar surface area (TPSA) is 88.1 Å². The van der Waals surface area contributed by atoms with Crippen molar-refractivity contribution in [2.45, 2.75) is 18.6 Å². The third-order valence-electron chi connectivity index (χ3n) is 4.87. The molecule has 1 N–H and O–H groups in total. The fraction of sp³-hybridized carbons (Fsp3) is 0.167. The van der Waals surface area contributed by atoms with Crippen molar-refractivity contribution >= 4 is 62.4 Å². The predicted molar refractivity (Wildman–Crippen MR) is 133 cm³/mol. The van der Waals surface area contributed by atoms with E-state index < -0.39 is 23.0 Å². The maximum Gasteiger partial charge on any atom is 0.340 e. The van der Waals surface area contributed by atoms with Crippen LogP contribution < -0.4 is 10.2 Å². The van der Waals surface area contributed by atoms with Gasteiger partial charge in [0, 0.05) is 4.88 Å². The highest BCUT2D eigenvalue weighted by Gasteiger charge is 2.44. The standard InChI is InChI=1S/C24H21N3O4S2/c1-3-17-14-18(23(30)31-2)21(32-17)26-20(28)19-22(29)27(16-12-8-5-9-13-16)24(33-19)25-15-10-6-4-7-11-15/h4-14,19H,3H2,1-2H3,(H,26,28). The van der Waals surface area contributed by atoms with Gasteiger partial charge in [-0.15, -0.1) is 11.3 Å². The van der Waals surface area contributed by atoms with Crippen LogP contribution in [0.25, 0.3) is 0 Å². The largest absolute Gasteiger partial charge is 0.465 e. The van der Waals surface area contributed by atoms with Crippen LogP contribution in [0.2, 0.25) is 0 Å². The number of nitrogens with one attached hydrogen (secondary N) is 1. The molecule has 1 saturated heterocycles. The number of carbonyl (C=O) groups is 3. The maximum absolute atomic E-state index is 13.3. The van der Waals surface area contributed by atoms with E-state index in [1.54, 1.807) is 18.2 Å². The van der Waals surface area contributed by atoms with Crippen LogP contribution in [0, 0.1) is 0 Å². The van der Waals surface area contributed by atoms with E-state index in [2.05, 4.69) is 10.3 Å². The SMILES string of the molecule is CCc1cc(C(=O)OC)c(NC(=O)C2SC(=Nc3ccccc3)N(c3ccccc3)C2=O)s1. The fourth-order valence-corrected chi connectivity index (χ4v) is 5.27. The fourth-order valence-electron chi connectivity index (χ4n) is 3.24. The zero-order valence-corrected chi connectivity index (χ0v) is 19.6. The van der Waals surface area contributed by atoms with Gasteiger partial charge in [0.05, 0.1) is 24.0 Å². The van der Waals surface area contributed by atoms with Crippen LogP contribution >= 0.6 is 23.1 Å². The maximum atomic E-state index is 13.3. The first-order valence-corrected chi connectivity index (χ1v) is 11.9. The molecular formula is C24H21N3O4S2. The molecule has 1 atom stereocenters. The zero-order chi connectivity index (χ0) is 23.4. The van der Waals surface area contributed by atoms with Crippen molar-refractivity contribution in [1.82, 2.24) is 0 Å². The quantitative estimate of drug-likeness (QED) is 0.402. The highest BCUT2D eigenvalue weighted by atomic mass is 32.2. The second-order valence-corrected chi connectivity index (χ2v) is 9.24. The van der Waals surface area contributed by atoms with Crippen LogP contribution in [0.1, 0.15) is 22.2 Å². The Bertz CT molecular complexity index is 1210. The van der Waals surface area contributed by atoms with Crippen LogP contribution in [-0.4, -0.2) is 35.3 Å². The number of amidine groups is 1. The minimum Gasteiger partial charge on any atom is -0.465 e. The van der Waals surface area contributed by atoms with Crippen LogP contribution in [-0.2, 0) is 20.7 Å². The van der Waals surface area contributed by atoms with Crippen molar-refractivity contribution in [2.24, 2.45) is 4.99 Å². The molecule has 0 aliphatic carbocycles. The summed E-state index contributed by atoms with van der Waals surface area (Å²) >= 11 is 2.37. The number of hydrogen-bond donors (Lipinski definition) is 1. The molecule has 2 amide bonds. The lowest BCUT2D eigenvalue weighted by molar-refractivity contribution is -0.123. The van der Waals surface area contributed by atoms with E-state index in [1.165, 1.54) is 23.3 Å². The minimum absolute atomic E-state index is 0.279. The van der Waals surface area contributed by atoms with Crippen molar-refractivity contribution in [3.63, 3.8) is 0 Å². The molecule has 33 heavy (non-hydrogen) atoms. The highest BCUT2D eigenvalue weighted by Crippen LogP contribution is 2.36. The lowest BCUT2D eigenvalue weighted by Gasteiger charge is -2.16. The van der Waals surface area contributed by atoms with Crippen molar-refractivity contribution in [3.8, 4) is 0 Å². The third-order valence-corrected chi connectivity index (χ3v) is 7.20. The number of thiophene rings is 1. The number of aryl methyl sites for hydroxylation is 1. The van der Waals surface area contributed by atoms with Crippen LogP contribution in [0.3, 0.4) is 0 Å². The number of methoxy groups -OCH3 is 1. The summed E-state index contributed by atoms with van der Waals surface area (Å²) in [6.45, 7) is 1.96. The molecule has 2 heterocycles. The molecule has 1 aliphatic rings. The van der Waals surface area contributed by atoms with Gasteiger partial charge in [0.2, 0.25) is 5.91 Å². The van der Waals surface area contributed by atoms with Gasteiger partial charge in [-0.05, 0) is 36.8 Å². The summed E-state index contributed by atoms with van der Waals surface area (Å²) in [5.41, 5.74) is 1.58. The number of nitrogens with zero attached hydrogens (tertiary/aromatic N) is 2. The smallest absolute Gasteiger partial charge is 0.340 e. The van der Waals surface area contributed by atoms with Gasteiger partial charge in [0.15, 0.2) is 10.4 Å². The molecule has 1 aromatic heterocycles. The Morgan fingerprint density at radius 2 is 1.76 bits per heavy atom. The first kappa shape index (κ1) is 22.8. The van der Waals surface area contributed by atoms with Crippen molar-refractivity contribution in [2.75, 3.05) is 17.3 Å². The number of carbonyl (C=O) groups excluding carboxylic acids is 3. The molecule has 4 rings (SSSR count). The van der Waals surface area contributed by atoms with Gasteiger partial charge < -0.3 is 10.1 Å². The molecule has 3 aromatic rings. The molecule has 2 aromatic carbocycles. The number of anilines is 2. The molecule has 168 valence electrons. The third kappa shape index (κ3) is 4.84. The number of rotatable bonds is 6. The molecule has 7 nitrogen and oxygen atoms in total. The van der Waals surface area contributed by atoms with E-state index in [4.69, 9.17) is 4.74 Å². The number of aliphatic imine (C=N–C) groups is 1. The van der Waals surface area contributed by atoms with Crippen LogP contribution in [0.4, 0.5) is 16.4 Å². The van der Waals surface area contributed by atoms with Crippen molar-refractivity contribution < 1.29 is 19.1 Å². The average Bonchev–Trinajstić information content (AvgIpc) is 3.40. The summed E-state index contributed by atoms with van der Waals surface area (Å²) in [7, 11) is 1.29. The molecule has 9 heteroatoms. The molecule has 0 bridgehead atoms. The molecule has 1 unspecified atom stereocenters. The first-order chi connectivity index (χ1) is 16.0. The van der Waals surface area contributed by atoms with Gasteiger partial charge >= 0.3 is 5.97 Å². The van der Waals surface area contributed by atoms with E-state index in [0.717, 1.165) is 16.6 Å². The Hall–Kier alpha value is -3.43. The second kappa shape index (κ2) is 10.0. The Morgan fingerprint density at radius 3 is 2.39 bits per heavy atom. The molecule has 1 fully saturated rings. The second-order valence-electron chi connectivity index (χ2n) is 7.03. The Balaban J connectivity index is 1.65. The van der Waals surface area contributed by atoms with Crippen molar-refractivity contribution in [3.05, 3.63) is 77.2 Å². The zero-order valence-electron chi connectivity index (χ0n) is 18.0. The summed E-state index contributed by atoms with van der Waals surface area (Å²) < 4.78 is 4.84. The predicted octanol–water partition coefficient (Wildman–Crippen LogP) is 4.87. The van der Waals surface area contributed by atoms with Gasteiger partial charge in [0.1, 0.15) is 5.00 Å². The number of amides is 2. The number of thioether (sulfide) groups is 1. The van der Waals surface area contributed by atoms with Gasteiger partial charge in [-0.2, -0.15) is 0 Å². The van der Waals surface area contributed by atoms with E-state index in [0.29, 0.717) is 28.0 Å². The van der Waals surface area contributed by atoms with E-state index in [1.807, 2.05) is 55.5 Å². The van der Waals surface area contributed by atoms with Gasteiger partial charge in [0.25, 0.3) is 5.91 Å². The Morgan fingerprint density at radius 1 is 1.09 bits per heavy atom. The van der Waals surface area contributed by atoms with Gasteiger partial charge in [-0.1, -0.05) is 55.1 Å². The summed E-state index contributed by atoms with van der Waals surface area (Å²) in [4.78, 5) is 45.7. The lowest BCUT2D eigenvalue weighted by Crippen LogP contribution is -2.37. The van der Waals surface area contributed by atoms with E-state index >= 15 is 0 Å². The highest BCUT2D eigenvalue weighted by molar-refractivity contribution is 8.16. The number of esters is 1. The monoisotopic (exact) mass is 479 g/mol. The lowest BCUT2D eigenvalue weighted by atomic mass is 10.2. The van der Waals surface area contributed by atoms with Crippen LogP contribution in [0.5, 0.6) is 0 Å². The molecule has 0 radical (unpaired) electrons. The molecule has 0 saturated carbocycles. The summed E-state index contributed by atoms with van der Waals surface area (Å²) in [6.07, 6.45) is 0.706. The molecule has 0 spiro atoms. The number of hydrogen-bond acceptors (Lipinski definition) is 7. The van der Waals surface area contributed by atoms with Crippen molar-refractivity contribution in [1.29, 1.82) is 0 Å². The Kier molecular flexibility index (Phi) is 6.90. The van der Waals surface area contributed by atoms with Gasteiger partial charge in [-0.25, -0.2) is 9.79 Å². The first-order valence-electron chi connectivity index (χ1n) is 10.2.